The van der Waals surface area contributed by atoms with Crippen molar-refractivity contribution in [2.24, 2.45) is 5.10 Å². The molecule has 9 heteroatoms. The largest absolute Gasteiger partial charge is 0.872 e. The van der Waals surface area contributed by atoms with Crippen LogP contribution in [0.2, 0.25) is 0 Å². The minimum atomic E-state index is -0.257. The summed E-state index contributed by atoms with van der Waals surface area (Å²) >= 11 is 1.30. The number of rotatable bonds is 9. The number of aromatic amines is 1. The number of nitrogens with one attached hydrogen (secondary N) is 2. The van der Waals surface area contributed by atoms with Crippen molar-refractivity contribution in [3.63, 3.8) is 0 Å². The topological polar surface area (TPSA) is 106 Å². The Hall–Kier alpha value is -4.11. The maximum atomic E-state index is 12.6. The van der Waals surface area contributed by atoms with Crippen molar-refractivity contribution in [2.45, 2.75) is 25.4 Å². The summed E-state index contributed by atoms with van der Waals surface area (Å²) < 4.78 is 7.28. The van der Waals surface area contributed by atoms with E-state index in [1.165, 1.54) is 23.9 Å². The van der Waals surface area contributed by atoms with E-state index in [9.17, 15) is 9.90 Å². The summed E-state index contributed by atoms with van der Waals surface area (Å²) in [6.45, 7) is 3.98. The monoisotopic (exact) mass is 501 g/mol. The van der Waals surface area contributed by atoms with Crippen LogP contribution in [0.4, 0.5) is 0 Å². The number of methoxy groups -OCH3 is 1. The number of thioether (sulfide) groups is 1. The minimum Gasteiger partial charge on any atom is -0.872 e. The maximum absolute atomic E-state index is 12.6. The van der Waals surface area contributed by atoms with Crippen molar-refractivity contribution in [1.82, 2.24) is 15.6 Å². The molecule has 0 bridgehead atoms. The van der Waals surface area contributed by atoms with Crippen molar-refractivity contribution in [2.75, 3.05) is 12.9 Å². The molecule has 0 radical (unpaired) electrons. The number of H-pyrrole nitrogens is 1. The second-order valence-corrected chi connectivity index (χ2v) is 8.96. The number of hydrazone groups is 1. The molecule has 36 heavy (non-hydrogen) atoms. The van der Waals surface area contributed by atoms with Gasteiger partial charge in [-0.2, -0.15) is 9.67 Å². The highest BCUT2D eigenvalue weighted by molar-refractivity contribution is 7.99. The molecular weight excluding hydrogens is 474 g/mol. The van der Waals surface area contributed by atoms with Gasteiger partial charge in [-0.05, 0) is 67.1 Å². The van der Waals surface area contributed by atoms with Gasteiger partial charge < -0.3 is 9.84 Å². The van der Waals surface area contributed by atoms with Crippen LogP contribution in [0, 0.1) is 6.92 Å². The first kappa shape index (κ1) is 25.0. The first-order valence-electron chi connectivity index (χ1n) is 11.5. The molecular formula is C27H27N5O3S. The molecule has 0 spiro atoms. The fraction of sp³-hybridized carbons (Fsp3) is 0.185. The van der Waals surface area contributed by atoms with Crippen LogP contribution in [-0.2, 0) is 4.79 Å². The second kappa shape index (κ2) is 11.5. The average molecular weight is 502 g/mol. The van der Waals surface area contributed by atoms with Gasteiger partial charge >= 0.3 is 5.16 Å². The van der Waals surface area contributed by atoms with E-state index < -0.39 is 0 Å². The van der Waals surface area contributed by atoms with Crippen molar-refractivity contribution < 1.29 is 19.2 Å². The number of hydrogen-bond donors (Lipinski definition) is 2. The standard InChI is InChI=1S/C27H27N5O3S/c1-4-24(19-9-13-22(33)14-10-19)28-29-25(34)17-36-27-31-30-26(20-7-5-18(2)6-8-20)32(27)21-11-15-23(35-3)16-12-21/h5-16H,4,17H2,1-3H3,(H2,28,29,33,34). The maximum Gasteiger partial charge on any atom is 0.342 e. The number of aryl methyl sites for hydroxylation is 1. The van der Waals surface area contributed by atoms with Crippen LogP contribution in [0.25, 0.3) is 17.1 Å². The quantitative estimate of drug-likeness (QED) is 0.157. The van der Waals surface area contributed by atoms with Crippen LogP contribution < -0.4 is 19.8 Å². The molecule has 0 unspecified atom stereocenters. The first-order valence-corrected chi connectivity index (χ1v) is 12.4. The predicted molar refractivity (Wildman–Crippen MR) is 138 cm³/mol. The summed E-state index contributed by atoms with van der Waals surface area (Å²) in [4.78, 5) is 12.6. The number of nitrogens with zero attached hydrogens (tertiary/aromatic N) is 3. The van der Waals surface area contributed by atoms with Crippen LogP contribution >= 0.6 is 11.8 Å². The van der Waals surface area contributed by atoms with E-state index in [4.69, 9.17) is 4.74 Å². The highest BCUT2D eigenvalue weighted by Gasteiger charge is 2.24. The molecule has 1 aromatic heterocycles. The van der Waals surface area contributed by atoms with Gasteiger partial charge in [0.15, 0.2) is 0 Å². The molecule has 0 saturated heterocycles. The molecule has 0 aliphatic rings. The minimum absolute atomic E-state index is 0.0659. The first-order chi connectivity index (χ1) is 17.5. The Labute approximate surface area is 214 Å². The van der Waals surface area contributed by atoms with Crippen molar-refractivity contribution in [3.05, 3.63) is 83.9 Å². The Balaban J connectivity index is 1.54. The molecule has 3 aromatic carbocycles. The van der Waals surface area contributed by atoms with Crippen LogP contribution in [0.15, 0.2) is 83.1 Å². The van der Waals surface area contributed by atoms with Gasteiger partial charge in [-0.1, -0.05) is 48.9 Å². The van der Waals surface area contributed by atoms with Crippen LogP contribution in [0.3, 0.4) is 0 Å². The lowest BCUT2D eigenvalue weighted by Gasteiger charge is -2.08. The van der Waals surface area contributed by atoms with E-state index >= 15 is 0 Å². The molecule has 0 saturated carbocycles. The van der Waals surface area contributed by atoms with Gasteiger partial charge in [0.05, 0.1) is 29.2 Å². The fourth-order valence-electron chi connectivity index (χ4n) is 3.56. The predicted octanol–water partition coefficient (Wildman–Crippen LogP) is 3.77. The van der Waals surface area contributed by atoms with E-state index in [-0.39, 0.29) is 17.4 Å². The third-order valence-electron chi connectivity index (χ3n) is 5.50. The molecule has 1 heterocycles. The molecule has 8 nitrogen and oxygen atoms in total. The summed E-state index contributed by atoms with van der Waals surface area (Å²) in [5.41, 5.74) is 7.15. The summed E-state index contributed by atoms with van der Waals surface area (Å²) in [5, 5.41) is 23.9. The molecule has 184 valence electrons. The van der Waals surface area contributed by atoms with E-state index in [2.05, 4.69) is 20.7 Å². The van der Waals surface area contributed by atoms with E-state index in [0.29, 0.717) is 17.3 Å². The lowest BCUT2D eigenvalue weighted by Crippen LogP contribution is -2.34. The van der Waals surface area contributed by atoms with Crippen LogP contribution in [0.5, 0.6) is 11.5 Å². The zero-order valence-electron chi connectivity index (χ0n) is 20.3. The SMILES string of the molecule is CCC(=NNC(=O)CSc1n[nH]c(-c2ccc(C)cc2)[n+]1-c1ccc(OC)cc1)c1ccc([O-])cc1. The number of amides is 1. The van der Waals surface area contributed by atoms with Gasteiger partial charge in [-0.25, -0.2) is 5.43 Å². The van der Waals surface area contributed by atoms with Gasteiger partial charge in [0.2, 0.25) is 0 Å². The number of carbonyl (C=O) groups is 1. The lowest BCUT2D eigenvalue weighted by molar-refractivity contribution is -0.625. The van der Waals surface area contributed by atoms with Crippen LogP contribution in [0.1, 0.15) is 24.5 Å². The van der Waals surface area contributed by atoms with Crippen molar-refractivity contribution >= 4 is 23.4 Å². The number of hydrogen-bond acceptors (Lipinski definition) is 6. The Morgan fingerprint density at radius 2 is 1.78 bits per heavy atom. The average Bonchev–Trinajstić information content (AvgIpc) is 3.33. The molecule has 2 N–H and O–H groups in total. The molecule has 0 atom stereocenters. The Morgan fingerprint density at radius 3 is 2.42 bits per heavy atom. The molecule has 4 aromatic rings. The van der Waals surface area contributed by atoms with Gasteiger partial charge in [0.1, 0.15) is 11.4 Å². The van der Waals surface area contributed by atoms with Gasteiger partial charge in [0, 0.05) is 0 Å². The van der Waals surface area contributed by atoms with Crippen molar-refractivity contribution in [3.8, 4) is 28.6 Å². The highest BCUT2D eigenvalue weighted by Crippen LogP contribution is 2.22. The fourth-order valence-corrected chi connectivity index (χ4v) is 4.32. The Bertz CT molecular complexity index is 1350. The summed E-state index contributed by atoms with van der Waals surface area (Å²) in [6.07, 6.45) is 0.613. The Morgan fingerprint density at radius 1 is 1.08 bits per heavy atom. The smallest absolute Gasteiger partial charge is 0.342 e. The van der Waals surface area contributed by atoms with E-state index in [1.807, 2.05) is 66.9 Å². The van der Waals surface area contributed by atoms with Crippen LogP contribution in [-0.4, -0.2) is 34.7 Å². The van der Waals surface area contributed by atoms with Gasteiger partial charge in [0.25, 0.3) is 11.7 Å². The van der Waals surface area contributed by atoms with E-state index in [0.717, 1.165) is 34.0 Å². The van der Waals surface area contributed by atoms with Gasteiger partial charge in [-0.15, -0.1) is 10.8 Å². The molecule has 1 amide bonds. The molecule has 0 fully saturated rings. The third kappa shape index (κ3) is 5.92. The molecule has 0 aliphatic carbocycles. The number of carbonyl (C=O) groups excluding carboxylic acids is 1. The third-order valence-corrected chi connectivity index (χ3v) is 6.44. The Kier molecular flexibility index (Phi) is 8.02. The number of benzene rings is 3. The van der Waals surface area contributed by atoms with E-state index in [1.54, 1.807) is 19.2 Å². The normalized spacial score (nSPS) is 11.4. The molecule has 0 aliphatic heterocycles. The lowest BCUT2D eigenvalue weighted by atomic mass is 10.1. The summed E-state index contributed by atoms with van der Waals surface area (Å²) in [5.74, 6) is 1.35. The van der Waals surface area contributed by atoms with Crippen molar-refractivity contribution in [1.29, 1.82) is 0 Å². The summed E-state index contributed by atoms with van der Waals surface area (Å²) in [6, 6.07) is 22.2. The summed E-state index contributed by atoms with van der Waals surface area (Å²) in [7, 11) is 1.63. The number of aromatic nitrogens is 3. The second-order valence-electron chi connectivity index (χ2n) is 8.01. The zero-order chi connectivity index (χ0) is 25.5. The zero-order valence-corrected chi connectivity index (χ0v) is 21.1. The molecule has 4 rings (SSSR count). The highest BCUT2D eigenvalue weighted by atomic mass is 32.2. The number of ether oxygens (including phenoxy) is 1. The van der Waals surface area contributed by atoms with Gasteiger partial charge in [-0.3, -0.25) is 4.79 Å².